The predicted molar refractivity (Wildman–Crippen MR) is 87.6 cm³/mol. The molecule has 0 radical (unpaired) electrons. The Morgan fingerprint density at radius 1 is 1.26 bits per heavy atom. The lowest BCUT2D eigenvalue weighted by Gasteiger charge is -2.29. The van der Waals surface area contributed by atoms with E-state index in [9.17, 15) is 4.79 Å². The van der Waals surface area contributed by atoms with Crippen LogP contribution in [-0.4, -0.2) is 22.1 Å². The van der Waals surface area contributed by atoms with Crippen molar-refractivity contribution in [3.05, 3.63) is 36.2 Å². The van der Waals surface area contributed by atoms with Crippen LogP contribution in [0.4, 0.5) is 0 Å². The fraction of sp³-hybridized carbons (Fsp3) is 0.500. The van der Waals surface area contributed by atoms with Crippen molar-refractivity contribution in [1.29, 1.82) is 0 Å². The summed E-state index contributed by atoms with van der Waals surface area (Å²) in [7, 11) is 0. The van der Waals surface area contributed by atoms with E-state index in [0.29, 0.717) is 36.5 Å². The van der Waals surface area contributed by atoms with Gasteiger partial charge in [0.2, 0.25) is 17.6 Å². The molecule has 5 nitrogen and oxygen atoms in total. The first-order valence-corrected chi connectivity index (χ1v) is 8.40. The van der Waals surface area contributed by atoms with Gasteiger partial charge in [-0.2, -0.15) is 4.98 Å². The molecule has 1 aliphatic rings. The third kappa shape index (κ3) is 4.18. The van der Waals surface area contributed by atoms with Gasteiger partial charge in [0.1, 0.15) is 0 Å². The van der Waals surface area contributed by atoms with Crippen LogP contribution >= 0.6 is 0 Å². The number of hydrogen-bond acceptors (Lipinski definition) is 4. The van der Waals surface area contributed by atoms with E-state index in [1.165, 1.54) is 19.3 Å². The number of aromatic nitrogens is 2. The Hall–Kier alpha value is -2.17. The zero-order chi connectivity index (χ0) is 16.1. The summed E-state index contributed by atoms with van der Waals surface area (Å²) in [6.45, 7) is 2.22. The lowest BCUT2D eigenvalue weighted by Crippen LogP contribution is -2.41. The Morgan fingerprint density at radius 3 is 2.83 bits per heavy atom. The van der Waals surface area contributed by atoms with Crippen LogP contribution in [0.15, 0.2) is 34.9 Å². The summed E-state index contributed by atoms with van der Waals surface area (Å²) >= 11 is 0. The van der Waals surface area contributed by atoms with Gasteiger partial charge in [0.15, 0.2) is 0 Å². The minimum Gasteiger partial charge on any atom is -0.353 e. The number of amides is 1. The fourth-order valence-corrected chi connectivity index (χ4v) is 3.09. The molecule has 5 heteroatoms. The molecule has 23 heavy (non-hydrogen) atoms. The SMILES string of the molecule is C[C@H]1CCCC[C@H]1NC(=O)CCc1nc(-c2ccccc2)no1. The lowest BCUT2D eigenvalue weighted by atomic mass is 9.86. The highest BCUT2D eigenvalue weighted by molar-refractivity contribution is 5.76. The number of carbonyl (C=O) groups excluding carboxylic acids is 1. The first-order valence-electron chi connectivity index (χ1n) is 8.40. The summed E-state index contributed by atoms with van der Waals surface area (Å²) in [5.41, 5.74) is 0.919. The van der Waals surface area contributed by atoms with Gasteiger partial charge in [-0.3, -0.25) is 4.79 Å². The molecular formula is C18H23N3O2. The zero-order valence-electron chi connectivity index (χ0n) is 13.5. The second-order valence-corrected chi connectivity index (χ2v) is 6.31. The zero-order valence-corrected chi connectivity index (χ0v) is 13.5. The maximum Gasteiger partial charge on any atom is 0.227 e. The molecular weight excluding hydrogens is 290 g/mol. The second-order valence-electron chi connectivity index (χ2n) is 6.31. The Labute approximate surface area is 136 Å². The van der Waals surface area contributed by atoms with Crippen LogP contribution in [0.25, 0.3) is 11.4 Å². The molecule has 0 spiro atoms. The van der Waals surface area contributed by atoms with Crippen molar-refractivity contribution in [2.45, 2.75) is 51.5 Å². The number of carbonyl (C=O) groups is 1. The van der Waals surface area contributed by atoms with E-state index in [1.54, 1.807) is 0 Å². The molecule has 2 atom stereocenters. The Morgan fingerprint density at radius 2 is 2.04 bits per heavy atom. The molecule has 1 heterocycles. The summed E-state index contributed by atoms with van der Waals surface area (Å²) in [6, 6.07) is 10.0. The minimum absolute atomic E-state index is 0.0724. The first-order chi connectivity index (χ1) is 11.2. The van der Waals surface area contributed by atoms with Gasteiger partial charge in [-0.15, -0.1) is 0 Å². The molecule has 1 aromatic heterocycles. The molecule has 0 aliphatic heterocycles. The predicted octanol–water partition coefficient (Wildman–Crippen LogP) is 3.36. The molecule has 0 saturated heterocycles. The molecule has 2 aromatic rings. The highest BCUT2D eigenvalue weighted by Gasteiger charge is 2.22. The lowest BCUT2D eigenvalue weighted by molar-refractivity contribution is -0.122. The molecule has 1 amide bonds. The van der Waals surface area contributed by atoms with Crippen molar-refractivity contribution < 1.29 is 9.32 Å². The second kappa shape index (κ2) is 7.40. The van der Waals surface area contributed by atoms with Gasteiger partial charge in [-0.25, -0.2) is 0 Å². The molecule has 0 bridgehead atoms. The smallest absolute Gasteiger partial charge is 0.227 e. The van der Waals surface area contributed by atoms with Crippen LogP contribution < -0.4 is 5.32 Å². The van der Waals surface area contributed by atoms with Crippen LogP contribution in [0.5, 0.6) is 0 Å². The van der Waals surface area contributed by atoms with Crippen LogP contribution in [0, 0.1) is 5.92 Å². The molecule has 1 N–H and O–H groups in total. The molecule has 1 aliphatic carbocycles. The molecule has 0 unspecified atom stereocenters. The van der Waals surface area contributed by atoms with E-state index in [2.05, 4.69) is 22.4 Å². The van der Waals surface area contributed by atoms with E-state index in [1.807, 2.05) is 30.3 Å². The van der Waals surface area contributed by atoms with Crippen molar-refractivity contribution >= 4 is 5.91 Å². The highest BCUT2D eigenvalue weighted by atomic mass is 16.5. The monoisotopic (exact) mass is 313 g/mol. The average Bonchev–Trinajstić information content (AvgIpc) is 3.05. The largest absolute Gasteiger partial charge is 0.353 e. The Kier molecular flexibility index (Phi) is 5.05. The van der Waals surface area contributed by atoms with Gasteiger partial charge in [0.25, 0.3) is 0 Å². The number of nitrogens with zero attached hydrogens (tertiary/aromatic N) is 2. The van der Waals surface area contributed by atoms with E-state index in [-0.39, 0.29) is 5.91 Å². The van der Waals surface area contributed by atoms with Crippen LogP contribution in [0.3, 0.4) is 0 Å². The van der Waals surface area contributed by atoms with Crippen LogP contribution in [-0.2, 0) is 11.2 Å². The summed E-state index contributed by atoms with van der Waals surface area (Å²) in [6.07, 6.45) is 5.64. The van der Waals surface area contributed by atoms with E-state index >= 15 is 0 Å². The highest BCUT2D eigenvalue weighted by Crippen LogP contribution is 2.23. The van der Waals surface area contributed by atoms with Gasteiger partial charge in [0, 0.05) is 24.4 Å². The number of nitrogens with one attached hydrogen (secondary N) is 1. The van der Waals surface area contributed by atoms with Gasteiger partial charge >= 0.3 is 0 Å². The van der Waals surface area contributed by atoms with Crippen molar-refractivity contribution in [2.75, 3.05) is 0 Å². The summed E-state index contributed by atoms with van der Waals surface area (Å²) in [4.78, 5) is 16.5. The van der Waals surface area contributed by atoms with Gasteiger partial charge in [-0.1, -0.05) is 55.3 Å². The van der Waals surface area contributed by atoms with Gasteiger partial charge in [-0.05, 0) is 18.8 Å². The molecule has 122 valence electrons. The maximum absolute atomic E-state index is 12.1. The summed E-state index contributed by atoms with van der Waals surface area (Å²) in [5.74, 6) is 1.72. The standard InChI is InChI=1S/C18H23N3O2/c1-13-7-5-6-10-15(13)19-16(22)11-12-17-20-18(21-23-17)14-8-3-2-4-9-14/h2-4,8-9,13,15H,5-7,10-12H2,1H3,(H,19,22)/t13-,15+/m0/s1. The molecule has 3 rings (SSSR count). The van der Waals surface area contributed by atoms with Crippen LogP contribution in [0.2, 0.25) is 0 Å². The number of hydrogen-bond donors (Lipinski definition) is 1. The Balaban J connectivity index is 1.50. The minimum atomic E-state index is 0.0724. The third-order valence-electron chi connectivity index (χ3n) is 4.52. The van der Waals surface area contributed by atoms with Gasteiger partial charge in [0.05, 0.1) is 0 Å². The van der Waals surface area contributed by atoms with Crippen molar-refractivity contribution in [3.63, 3.8) is 0 Å². The number of rotatable bonds is 5. The maximum atomic E-state index is 12.1. The van der Waals surface area contributed by atoms with E-state index in [0.717, 1.165) is 12.0 Å². The fourth-order valence-electron chi connectivity index (χ4n) is 3.09. The number of aryl methyl sites for hydroxylation is 1. The van der Waals surface area contributed by atoms with Crippen molar-refractivity contribution in [2.24, 2.45) is 5.92 Å². The Bertz CT molecular complexity index is 639. The quantitative estimate of drug-likeness (QED) is 0.919. The van der Waals surface area contributed by atoms with Crippen LogP contribution in [0.1, 0.15) is 44.9 Å². The van der Waals surface area contributed by atoms with E-state index < -0.39 is 0 Å². The molecule has 1 fully saturated rings. The summed E-state index contributed by atoms with van der Waals surface area (Å²) in [5, 5.41) is 7.12. The summed E-state index contributed by atoms with van der Waals surface area (Å²) < 4.78 is 5.24. The van der Waals surface area contributed by atoms with Gasteiger partial charge < -0.3 is 9.84 Å². The van der Waals surface area contributed by atoms with Crippen molar-refractivity contribution in [3.8, 4) is 11.4 Å². The van der Waals surface area contributed by atoms with E-state index in [4.69, 9.17) is 4.52 Å². The number of benzene rings is 1. The topological polar surface area (TPSA) is 68.0 Å². The normalized spacial score (nSPS) is 21.1. The van der Waals surface area contributed by atoms with Crippen molar-refractivity contribution in [1.82, 2.24) is 15.5 Å². The third-order valence-corrected chi connectivity index (χ3v) is 4.52. The molecule has 1 saturated carbocycles. The average molecular weight is 313 g/mol. The molecule has 1 aromatic carbocycles. The first kappa shape index (κ1) is 15.7.